The van der Waals surface area contributed by atoms with E-state index in [1.165, 1.54) is 7.11 Å². The molecule has 7 heteroatoms. The molecule has 5 rings (SSSR count). The first-order valence-corrected chi connectivity index (χ1v) is 8.25. The van der Waals surface area contributed by atoms with Crippen LogP contribution in [0.25, 0.3) is 21.9 Å². The van der Waals surface area contributed by atoms with E-state index >= 15 is 0 Å². The van der Waals surface area contributed by atoms with E-state index in [1.807, 2.05) is 0 Å². The quantitative estimate of drug-likeness (QED) is 0.669. The zero-order chi connectivity index (χ0) is 17.3. The molecule has 2 unspecified atom stereocenters. The number of halogens is 1. The van der Waals surface area contributed by atoms with Crippen molar-refractivity contribution in [2.24, 2.45) is 0 Å². The van der Waals surface area contributed by atoms with E-state index in [0.717, 1.165) is 6.42 Å². The topological polar surface area (TPSA) is 78.1 Å². The Labute approximate surface area is 146 Å². The van der Waals surface area contributed by atoms with Crippen molar-refractivity contribution in [3.05, 3.63) is 39.0 Å². The minimum atomic E-state index is -0.425. The molecular weight excluding hydrogens is 348 g/mol. The van der Waals surface area contributed by atoms with Crippen LogP contribution in [0.4, 0.5) is 0 Å². The predicted molar refractivity (Wildman–Crippen MR) is 90.9 cm³/mol. The van der Waals surface area contributed by atoms with Gasteiger partial charge in [-0.2, -0.15) is 0 Å². The van der Waals surface area contributed by atoms with E-state index < -0.39 is 11.7 Å². The third-order valence-corrected chi connectivity index (χ3v) is 5.17. The molecule has 128 valence electrons. The van der Waals surface area contributed by atoms with Crippen LogP contribution in [-0.2, 0) is 4.74 Å². The second kappa shape index (κ2) is 5.03. The number of phenolic OH excluding ortho intramolecular Hbond substituents is 1. The minimum absolute atomic E-state index is 0.0873. The molecule has 1 saturated heterocycles. The van der Waals surface area contributed by atoms with Gasteiger partial charge in [-0.1, -0.05) is 11.6 Å². The molecule has 0 radical (unpaired) electrons. The molecule has 3 heterocycles. The van der Waals surface area contributed by atoms with Crippen LogP contribution in [-0.4, -0.2) is 25.1 Å². The van der Waals surface area contributed by atoms with Crippen LogP contribution >= 0.6 is 11.6 Å². The van der Waals surface area contributed by atoms with Crippen LogP contribution in [0.1, 0.15) is 17.9 Å². The number of hydrogen-bond donors (Lipinski definition) is 1. The van der Waals surface area contributed by atoms with Crippen molar-refractivity contribution >= 4 is 33.5 Å². The van der Waals surface area contributed by atoms with Crippen LogP contribution in [0.3, 0.4) is 0 Å². The molecule has 1 fully saturated rings. The summed E-state index contributed by atoms with van der Waals surface area (Å²) in [5.41, 5.74) is 0.784. The Kier molecular flexibility index (Phi) is 2.99. The summed E-state index contributed by atoms with van der Waals surface area (Å²) >= 11 is 6.13. The van der Waals surface area contributed by atoms with Gasteiger partial charge in [0.15, 0.2) is 5.75 Å². The summed E-state index contributed by atoms with van der Waals surface area (Å²) in [5, 5.41) is 11.4. The van der Waals surface area contributed by atoms with Crippen LogP contribution < -0.4 is 14.9 Å². The molecule has 0 saturated carbocycles. The fourth-order valence-electron chi connectivity index (χ4n) is 3.76. The first-order chi connectivity index (χ1) is 12.1. The Bertz CT molecular complexity index is 1100. The summed E-state index contributed by atoms with van der Waals surface area (Å²) in [6.45, 7) is 0.558. The van der Waals surface area contributed by atoms with Crippen molar-refractivity contribution in [3.63, 3.8) is 0 Å². The average molecular weight is 361 g/mol. The number of fused-ring (bicyclic) bond motifs is 5. The molecular formula is C18H13ClO6. The number of rotatable bonds is 1. The maximum absolute atomic E-state index is 13.1. The summed E-state index contributed by atoms with van der Waals surface area (Å²) in [5.74, 6) is 0.509. The summed E-state index contributed by atoms with van der Waals surface area (Å²) in [6, 6.07) is 4.83. The first-order valence-electron chi connectivity index (χ1n) is 7.87. The number of hydrogen-bond acceptors (Lipinski definition) is 6. The number of phenols is 1. The second-order valence-electron chi connectivity index (χ2n) is 6.15. The lowest BCUT2D eigenvalue weighted by atomic mass is 9.95. The Morgan fingerprint density at radius 1 is 1.28 bits per heavy atom. The first kappa shape index (κ1) is 14.9. The molecule has 2 aliphatic rings. The van der Waals surface area contributed by atoms with Crippen molar-refractivity contribution in [1.82, 2.24) is 0 Å². The fraction of sp³-hybridized carbons (Fsp3) is 0.278. The molecule has 1 aromatic heterocycles. The lowest BCUT2D eigenvalue weighted by Crippen LogP contribution is -2.13. The monoisotopic (exact) mass is 360 g/mol. The Hall–Kier alpha value is -2.44. The van der Waals surface area contributed by atoms with Gasteiger partial charge in [0.05, 0.1) is 24.7 Å². The zero-order valence-corrected chi connectivity index (χ0v) is 13.9. The van der Waals surface area contributed by atoms with E-state index in [1.54, 1.807) is 18.2 Å². The van der Waals surface area contributed by atoms with E-state index in [0.29, 0.717) is 28.5 Å². The van der Waals surface area contributed by atoms with Crippen LogP contribution in [0.2, 0.25) is 5.02 Å². The Morgan fingerprint density at radius 3 is 2.92 bits per heavy atom. The Morgan fingerprint density at radius 2 is 2.12 bits per heavy atom. The molecule has 25 heavy (non-hydrogen) atoms. The van der Waals surface area contributed by atoms with Crippen molar-refractivity contribution in [3.8, 4) is 17.2 Å². The number of aromatic hydroxyl groups is 1. The van der Waals surface area contributed by atoms with Gasteiger partial charge in [0.2, 0.25) is 11.7 Å². The number of ether oxygens (including phenoxy) is 3. The van der Waals surface area contributed by atoms with Crippen LogP contribution in [0.5, 0.6) is 17.2 Å². The van der Waals surface area contributed by atoms with E-state index in [2.05, 4.69) is 0 Å². The molecule has 0 bridgehead atoms. The molecule has 1 N–H and O–H groups in total. The van der Waals surface area contributed by atoms with Gasteiger partial charge in [-0.3, -0.25) is 4.79 Å². The summed E-state index contributed by atoms with van der Waals surface area (Å²) in [6.07, 6.45) is 0.302. The molecule has 6 nitrogen and oxygen atoms in total. The van der Waals surface area contributed by atoms with Crippen molar-refractivity contribution < 1.29 is 23.7 Å². The second-order valence-corrected chi connectivity index (χ2v) is 6.55. The highest BCUT2D eigenvalue weighted by Crippen LogP contribution is 2.50. The molecule has 0 aliphatic carbocycles. The van der Waals surface area contributed by atoms with Gasteiger partial charge in [0, 0.05) is 11.6 Å². The maximum atomic E-state index is 13.1. The van der Waals surface area contributed by atoms with Gasteiger partial charge in [-0.05, 0) is 18.6 Å². The number of methoxy groups -OCH3 is 1. The Balaban J connectivity index is 1.92. The largest absolute Gasteiger partial charge is 0.507 e. The molecule has 0 spiro atoms. The van der Waals surface area contributed by atoms with Crippen molar-refractivity contribution in [2.45, 2.75) is 18.6 Å². The van der Waals surface area contributed by atoms with Gasteiger partial charge in [-0.15, -0.1) is 0 Å². The third kappa shape index (κ3) is 1.86. The highest BCUT2D eigenvalue weighted by molar-refractivity contribution is 6.33. The third-order valence-electron chi connectivity index (χ3n) is 4.87. The molecule has 3 aromatic rings. The maximum Gasteiger partial charge on any atom is 0.208 e. The van der Waals surface area contributed by atoms with Crippen molar-refractivity contribution in [2.75, 3.05) is 13.7 Å². The van der Waals surface area contributed by atoms with Gasteiger partial charge >= 0.3 is 0 Å². The summed E-state index contributed by atoms with van der Waals surface area (Å²) < 4.78 is 22.4. The van der Waals surface area contributed by atoms with Crippen LogP contribution in [0.15, 0.2) is 27.4 Å². The lowest BCUT2D eigenvalue weighted by molar-refractivity contribution is -0.0337. The van der Waals surface area contributed by atoms with E-state index in [-0.39, 0.29) is 33.8 Å². The van der Waals surface area contributed by atoms with E-state index in [4.69, 9.17) is 30.2 Å². The van der Waals surface area contributed by atoms with Crippen LogP contribution in [0, 0.1) is 0 Å². The highest BCUT2D eigenvalue weighted by atomic mass is 35.5. The minimum Gasteiger partial charge on any atom is -0.507 e. The molecule has 2 aromatic carbocycles. The van der Waals surface area contributed by atoms with E-state index in [9.17, 15) is 9.90 Å². The van der Waals surface area contributed by atoms with Gasteiger partial charge in [0.25, 0.3) is 0 Å². The summed E-state index contributed by atoms with van der Waals surface area (Å²) in [4.78, 5) is 13.1. The predicted octanol–water partition coefficient (Wildman–Crippen LogP) is 3.54. The molecule has 0 amide bonds. The molecule has 2 atom stereocenters. The molecule has 2 aliphatic heterocycles. The average Bonchev–Trinajstić information content (AvgIpc) is 3.15. The normalized spacial score (nSPS) is 21.4. The lowest BCUT2D eigenvalue weighted by Gasteiger charge is -2.11. The smallest absolute Gasteiger partial charge is 0.208 e. The van der Waals surface area contributed by atoms with Crippen molar-refractivity contribution in [1.29, 1.82) is 0 Å². The van der Waals surface area contributed by atoms with Gasteiger partial charge in [-0.25, -0.2) is 0 Å². The standard InChI is InChI=1S/C18H13ClO6/c1-22-17-8(19)2-3-9-14(17)16(21)13-11(24-9)6-10-12(15(13)20)7-4-5-23-18(7)25-10/h2-3,6-7,18,20H,4-5H2,1H3. The fourth-order valence-corrected chi connectivity index (χ4v) is 3.99. The SMILES string of the molecule is COc1c(Cl)ccc2oc3cc4c(c(O)c3c(=O)c12)C1CCOC1O4. The highest BCUT2D eigenvalue weighted by Gasteiger charge is 2.42. The number of benzene rings is 2. The summed E-state index contributed by atoms with van der Waals surface area (Å²) in [7, 11) is 1.43. The zero-order valence-electron chi connectivity index (χ0n) is 13.2. The van der Waals surface area contributed by atoms with Gasteiger partial charge < -0.3 is 23.7 Å². The van der Waals surface area contributed by atoms with Gasteiger partial charge in [0.1, 0.15) is 33.4 Å².